The molecule has 0 radical (unpaired) electrons. The smallest absolute Gasteiger partial charge is 0.221 e. The lowest BCUT2D eigenvalue weighted by atomic mass is 10.1. The van der Waals surface area contributed by atoms with E-state index in [9.17, 15) is 4.79 Å². The van der Waals surface area contributed by atoms with Gasteiger partial charge in [-0.3, -0.25) is 4.79 Å². The molecule has 16 heavy (non-hydrogen) atoms. The van der Waals surface area contributed by atoms with Crippen LogP contribution in [-0.2, 0) is 4.79 Å². The van der Waals surface area contributed by atoms with Gasteiger partial charge >= 0.3 is 0 Å². The molecule has 2 atom stereocenters. The van der Waals surface area contributed by atoms with Gasteiger partial charge in [0.05, 0.1) is 0 Å². The van der Waals surface area contributed by atoms with Crippen LogP contribution in [0.3, 0.4) is 0 Å². The average Bonchev–Trinajstić information content (AvgIpc) is 2.18. The van der Waals surface area contributed by atoms with Crippen LogP contribution in [0.1, 0.15) is 27.2 Å². The van der Waals surface area contributed by atoms with Gasteiger partial charge in [-0.25, -0.2) is 0 Å². The maximum absolute atomic E-state index is 11.7. The van der Waals surface area contributed by atoms with E-state index in [0.717, 1.165) is 12.3 Å². The van der Waals surface area contributed by atoms with E-state index >= 15 is 0 Å². The summed E-state index contributed by atoms with van der Waals surface area (Å²) in [5.41, 5.74) is 0. The van der Waals surface area contributed by atoms with E-state index in [-0.39, 0.29) is 24.4 Å². The van der Waals surface area contributed by atoms with Gasteiger partial charge in [0.15, 0.2) is 0 Å². The maximum atomic E-state index is 11.7. The summed E-state index contributed by atoms with van der Waals surface area (Å²) in [5, 5.41) is 6.41. The molecular weight excluding hydrogens is 244 g/mol. The van der Waals surface area contributed by atoms with Crippen molar-refractivity contribution >= 4 is 30.1 Å². The molecule has 0 aliphatic carbocycles. The fraction of sp³-hybridized carbons (Fsp3) is 0.909. The van der Waals surface area contributed by atoms with Crippen molar-refractivity contribution in [1.82, 2.24) is 10.6 Å². The highest BCUT2D eigenvalue weighted by atomic mass is 35.5. The van der Waals surface area contributed by atoms with Crippen LogP contribution < -0.4 is 10.6 Å². The number of halogens is 1. The Morgan fingerprint density at radius 3 is 2.69 bits per heavy atom. The number of hydrogen-bond donors (Lipinski definition) is 2. The van der Waals surface area contributed by atoms with Crippen molar-refractivity contribution in [2.75, 3.05) is 18.1 Å². The van der Waals surface area contributed by atoms with Crippen molar-refractivity contribution in [3.63, 3.8) is 0 Å². The minimum Gasteiger partial charge on any atom is -0.353 e. The van der Waals surface area contributed by atoms with Crippen LogP contribution in [0, 0.1) is 5.92 Å². The van der Waals surface area contributed by atoms with Gasteiger partial charge < -0.3 is 10.6 Å². The van der Waals surface area contributed by atoms with Crippen LogP contribution in [0.2, 0.25) is 0 Å². The summed E-state index contributed by atoms with van der Waals surface area (Å²) in [4.78, 5) is 11.7. The minimum atomic E-state index is 0. The number of carbonyl (C=O) groups is 1. The molecule has 1 heterocycles. The van der Waals surface area contributed by atoms with Crippen molar-refractivity contribution in [3.8, 4) is 0 Å². The number of nitrogens with one attached hydrogen (secondary N) is 2. The number of hydrogen-bond acceptors (Lipinski definition) is 3. The standard InChI is InChI=1S/C11H22N2OS.ClH/c1-8(2)9(3)13-11(14)6-10-7-15-5-4-12-10;/h8-10,12H,4-7H2,1-3H3,(H,13,14);1H. The van der Waals surface area contributed by atoms with Gasteiger partial charge in [-0.15, -0.1) is 12.4 Å². The third-order valence-corrected chi connectivity index (χ3v) is 3.95. The molecule has 1 amide bonds. The Labute approximate surface area is 109 Å². The van der Waals surface area contributed by atoms with Crippen LogP contribution in [0.25, 0.3) is 0 Å². The zero-order valence-corrected chi connectivity index (χ0v) is 11.9. The van der Waals surface area contributed by atoms with Gasteiger partial charge in [0.1, 0.15) is 0 Å². The first-order chi connectivity index (χ1) is 7.09. The van der Waals surface area contributed by atoms with Crippen molar-refractivity contribution in [3.05, 3.63) is 0 Å². The zero-order valence-electron chi connectivity index (χ0n) is 10.3. The molecule has 0 aromatic heterocycles. The SMILES string of the molecule is CC(C)C(C)NC(=O)CC1CSCCN1.Cl. The summed E-state index contributed by atoms with van der Waals surface area (Å²) < 4.78 is 0. The summed E-state index contributed by atoms with van der Waals surface area (Å²) in [6.45, 7) is 7.34. The Morgan fingerprint density at radius 2 is 2.19 bits per heavy atom. The summed E-state index contributed by atoms with van der Waals surface area (Å²) in [7, 11) is 0. The van der Waals surface area contributed by atoms with E-state index in [1.165, 1.54) is 5.75 Å². The highest BCUT2D eigenvalue weighted by Crippen LogP contribution is 2.10. The van der Waals surface area contributed by atoms with Crippen LogP contribution in [0.5, 0.6) is 0 Å². The van der Waals surface area contributed by atoms with E-state index < -0.39 is 0 Å². The van der Waals surface area contributed by atoms with Crippen LogP contribution in [-0.4, -0.2) is 36.0 Å². The van der Waals surface area contributed by atoms with Crippen LogP contribution in [0.15, 0.2) is 0 Å². The predicted molar refractivity (Wildman–Crippen MR) is 73.4 cm³/mol. The molecule has 0 aromatic carbocycles. The molecule has 5 heteroatoms. The summed E-state index contributed by atoms with van der Waals surface area (Å²) in [6, 6.07) is 0.636. The lowest BCUT2D eigenvalue weighted by Crippen LogP contribution is -2.44. The van der Waals surface area contributed by atoms with E-state index in [1.54, 1.807) is 0 Å². The predicted octanol–water partition coefficient (Wildman–Crippen LogP) is 1.66. The third-order valence-electron chi connectivity index (χ3n) is 2.82. The monoisotopic (exact) mass is 266 g/mol. The van der Waals surface area contributed by atoms with Crippen LogP contribution in [0.4, 0.5) is 0 Å². The molecule has 2 unspecified atom stereocenters. The molecule has 1 rings (SSSR count). The maximum Gasteiger partial charge on any atom is 0.221 e. The highest BCUT2D eigenvalue weighted by Gasteiger charge is 2.18. The molecule has 1 aliphatic rings. The van der Waals surface area contributed by atoms with Crippen molar-refractivity contribution in [2.45, 2.75) is 39.3 Å². The third kappa shape index (κ3) is 5.97. The number of thioether (sulfide) groups is 1. The Hall–Kier alpha value is 0.0700. The first kappa shape index (κ1) is 16.1. The summed E-state index contributed by atoms with van der Waals surface area (Å²) in [5.74, 6) is 2.91. The zero-order chi connectivity index (χ0) is 11.3. The summed E-state index contributed by atoms with van der Waals surface area (Å²) in [6.07, 6.45) is 0.615. The van der Waals surface area contributed by atoms with E-state index in [2.05, 4.69) is 31.4 Å². The molecule has 96 valence electrons. The van der Waals surface area contributed by atoms with E-state index in [4.69, 9.17) is 0 Å². The molecule has 0 aromatic rings. The molecule has 0 saturated carbocycles. The Morgan fingerprint density at radius 1 is 1.50 bits per heavy atom. The largest absolute Gasteiger partial charge is 0.353 e. The van der Waals surface area contributed by atoms with Gasteiger partial charge in [0.2, 0.25) is 5.91 Å². The lowest BCUT2D eigenvalue weighted by molar-refractivity contribution is -0.122. The van der Waals surface area contributed by atoms with Gasteiger partial charge in [-0.2, -0.15) is 11.8 Å². The Bertz CT molecular complexity index is 208. The van der Waals surface area contributed by atoms with Gasteiger partial charge in [0.25, 0.3) is 0 Å². The van der Waals surface area contributed by atoms with E-state index in [0.29, 0.717) is 18.4 Å². The fourth-order valence-corrected chi connectivity index (χ4v) is 2.40. The normalized spacial score (nSPS) is 22.4. The van der Waals surface area contributed by atoms with Crippen molar-refractivity contribution in [2.24, 2.45) is 5.92 Å². The molecule has 1 fully saturated rings. The molecule has 0 bridgehead atoms. The second-order valence-electron chi connectivity index (χ2n) is 4.53. The summed E-state index contributed by atoms with van der Waals surface area (Å²) >= 11 is 1.93. The van der Waals surface area contributed by atoms with Gasteiger partial charge in [-0.05, 0) is 12.8 Å². The first-order valence-electron chi connectivity index (χ1n) is 5.70. The topological polar surface area (TPSA) is 41.1 Å². The van der Waals surface area contributed by atoms with Gasteiger partial charge in [-0.1, -0.05) is 13.8 Å². The molecule has 0 spiro atoms. The molecule has 1 saturated heterocycles. The molecular formula is C11H23ClN2OS. The molecule has 2 N–H and O–H groups in total. The Balaban J connectivity index is 0.00000225. The van der Waals surface area contributed by atoms with Crippen LogP contribution >= 0.6 is 24.2 Å². The Kier molecular flexibility index (Phi) is 8.24. The molecule has 3 nitrogen and oxygen atoms in total. The fourth-order valence-electron chi connectivity index (χ4n) is 1.45. The number of amides is 1. The second kappa shape index (κ2) is 8.20. The number of rotatable bonds is 4. The lowest BCUT2D eigenvalue weighted by Gasteiger charge is -2.24. The quantitative estimate of drug-likeness (QED) is 0.813. The van der Waals surface area contributed by atoms with Crippen molar-refractivity contribution < 1.29 is 4.79 Å². The first-order valence-corrected chi connectivity index (χ1v) is 6.85. The minimum absolute atomic E-state index is 0. The van der Waals surface area contributed by atoms with E-state index in [1.807, 2.05) is 11.8 Å². The number of carbonyl (C=O) groups excluding carboxylic acids is 1. The average molecular weight is 267 g/mol. The van der Waals surface area contributed by atoms with Gasteiger partial charge in [0, 0.05) is 36.6 Å². The second-order valence-corrected chi connectivity index (χ2v) is 5.68. The highest BCUT2D eigenvalue weighted by molar-refractivity contribution is 7.99. The molecule has 1 aliphatic heterocycles. The van der Waals surface area contributed by atoms with Crippen molar-refractivity contribution in [1.29, 1.82) is 0 Å².